The van der Waals surface area contributed by atoms with Crippen molar-refractivity contribution < 1.29 is 35.1 Å². The summed E-state index contributed by atoms with van der Waals surface area (Å²) in [5.41, 5.74) is 0.882. The van der Waals surface area contributed by atoms with Gasteiger partial charge in [-0.2, -0.15) is 0 Å². The molecule has 2 aromatic rings. The molecule has 0 fully saturated rings. The standard InChI is InChI=1S/C19H19NO7/c1-20(18(25)7-4-11-2-5-14(21)16(23)9-11)13(19(26)27)8-12-3-6-15(22)17(24)10-12/h2-7,9-10,13,21-24H,8H2,1H3,(H,26,27)/t13-/m1/s1. The molecule has 0 aliphatic carbocycles. The molecule has 0 aliphatic heterocycles. The number of hydrogen-bond acceptors (Lipinski definition) is 6. The molecule has 0 heterocycles. The first-order valence-corrected chi connectivity index (χ1v) is 7.89. The number of carboxylic acid groups (broad SMARTS) is 1. The van der Waals surface area contributed by atoms with Crippen molar-refractivity contribution in [3.05, 3.63) is 53.6 Å². The van der Waals surface area contributed by atoms with Crippen LogP contribution in [0.2, 0.25) is 0 Å². The normalized spacial score (nSPS) is 12.0. The van der Waals surface area contributed by atoms with Crippen LogP contribution >= 0.6 is 0 Å². The molecule has 142 valence electrons. The second kappa shape index (κ2) is 8.13. The van der Waals surface area contributed by atoms with Gasteiger partial charge in [0.2, 0.25) is 5.91 Å². The third kappa shape index (κ3) is 4.91. The maximum atomic E-state index is 12.3. The van der Waals surface area contributed by atoms with E-state index in [1.165, 1.54) is 49.5 Å². The van der Waals surface area contributed by atoms with Crippen molar-refractivity contribution in [1.82, 2.24) is 4.90 Å². The van der Waals surface area contributed by atoms with Crippen molar-refractivity contribution in [2.45, 2.75) is 12.5 Å². The molecule has 27 heavy (non-hydrogen) atoms. The molecule has 0 unspecified atom stereocenters. The molecule has 0 spiro atoms. The third-order valence-electron chi connectivity index (χ3n) is 3.99. The number of aliphatic carboxylic acids is 1. The van der Waals surface area contributed by atoms with Gasteiger partial charge >= 0.3 is 5.97 Å². The fraction of sp³-hybridized carbons (Fsp3) is 0.158. The number of phenols is 4. The highest BCUT2D eigenvalue weighted by atomic mass is 16.4. The SMILES string of the molecule is CN(C(=O)C=Cc1ccc(O)c(O)c1)[C@H](Cc1ccc(O)c(O)c1)C(=O)O. The van der Waals surface area contributed by atoms with Crippen molar-refractivity contribution in [3.63, 3.8) is 0 Å². The number of benzene rings is 2. The Bertz CT molecular complexity index is 892. The first-order valence-electron chi connectivity index (χ1n) is 7.89. The summed E-state index contributed by atoms with van der Waals surface area (Å²) in [7, 11) is 1.33. The average molecular weight is 373 g/mol. The third-order valence-corrected chi connectivity index (χ3v) is 3.99. The minimum Gasteiger partial charge on any atom is -0.504 e. The zero-order chi connectivity index (χ0) is 20.1. The largest absolute Gasteiger partial charge is 0.504 e. The van der Waals surface area contributed by atoms with E-state index in [2.05, 4.69) is 0 Å². The number of nitrogens with zero attached hydrogens (tertiary/aromatic N) is 1. The summed E-state index contributed by atoms with van der Waals surface area (Å²) in [6, 6.07) is 6.74. The Kier molecular flexibility index (Phi) is 5.92. The molecule has 1 amide bonds. The molecule has 0 saturated heterocycles. The van der Waals surface area contributed by atoms with E-state index in [4.69, 9.17) is 0 Å². The summed E-state index contributed by atoms with van der Waals surface area (Å²) >= 11 is 0. The van der Waals surface area contributed by atoms with Crippen LogP contribution < -0.4 is 0 Å². The van der Waals surface area contributed by atoms with Crippen LogP contribution in [0.3, 0.4) is 0 Å². The number of aromatic hydroxyl groups is 4. The number of rotatable bonds is 6. The van der Waals surface area contributed by atoms with Gasteiger partial charge < -0.3 is 30.4 Å². The van der Waals surface area contributed by atoms with Gasteiger partial charge in [0.1, 0.15) is 6.04 Å². The van der Waals surface area contributed by atoms with Crippen LogP contribution in [0.1, 0.15) is 11.1 Å². The fourth-order valence-corrected chi connectivity index (χ4v) is 2.39. The van der Waals surface area contributed by atoms with Crippen LogP contribution in [0.5, 0.6) is 23.0 Å². The Hall–Kier alpha value is -3.68. The van der Waals surface area contributed by atoms with E-state index in [0.29, 0.717) is 11.1 Å². The molecule has 0 aliphatic rings. The van der Waals surface area contributed by atoms with Gasteiger partial charge in [-0.15, -0.1) is 0 Å². The average Bonchev–Trinajstić information content (AvgIpc) is 2.62. The number of likely N-dealkylation sites (N-methyl/N-ethyl adjacent to an activating group) is 1. The lowest BCUT2D eigenvalue weighted by Gasteiger charge is -2.24. The van der Waals surface area contributed by atoms with Gasteiger partial charge in [0.25, 0.3) is 0 Å². The minimum atomic E-state index is -1.23. The molecule has 8 heteroatoms. The van der Waals surface area contributed by atoms with Gasteiger partial charge in [0.15, 0.2) is 23.0 Å². The van der Waals surface area contributed by atoms with E-state index in [-0.39, 0.29) is 29.4 Å². The second-order valence-electron chi connectivity index (χ2n) is 5.91. The molecular weight excluding hydrogens is 354 g/mol. The van der Waals surface area contributed by atoms with E-state index in [0.717, 1.165) is 11.0 Å². The summed E-state index contributed by atoms with van der Waals surface area (Å²) in [5, 5.41) is 47.0. The van der Waals surface area contributed by atoms with Gasteiger partial charge in [0.05, 0.1) is 0 Å². The quantitative estimate of drug-likeness (QED) is 0.383. The molecule has 8 nitrogen and oxygen atoms in total. The summed E-state index contributed by atoms with van der Waals surface area (Å²) in [4.78, 5) is 24.9. The molecule has 0 aromatic heterocycles. The van der Waals surface area contributed by atoms with Crippen LogP contribution in [-0.2, 0) is 16.0 Å². The lowest BCUT2D eigenvalue weighted by Crippen LogP contribution is -2.43. The summed E-state index contributed by atoms with van der Waals surface area (Å²) < 4.78 is 0. The van der Waals surface area contributed by atoms with Crippen LogP contribution in [0, 0.1) is 0 Å². The minimum absolute atomic E-state index is 0.0702. The van der Waals surface area contributed by atoms with Gasteiger partial charge in [-0.3, -0.25) is 4.79 Å². The van der Waals surface area contributed by atoms with Crippen LogP contribution in [0.4, 0.5) is 0 Å². The molecule has 2 rings (SSSR count). The lowest BCUT2D eigenvalue weighted by atomic mass is 10.0. The van der Waals surface area contributed by atoms with Crippen molar-refractivity contribution >= 4 is 18.0 Å². The van der Waals surface area contributed by atoms with Gasteiger partial charge in [-0.1, -0.05) is 12.1 Å². The second-order valence-corrected chi connectivity index (χ2v) is 5.91. The number of carboxylic acids is 1. The number of hydrogen-bond donors (Lipinski definition) is 5. The Morgan fingerprint density at radius 1 is 0.963 bits per heavy atom. The van der Waals surface area contributed by atoms with Crippen molar-refractivity contribution in [3.8, 4) is 23.0 Å². The maximum Gasteiger partial charge on any atom is 0.326 e. The molecule has 0 bridgehead atoms. The zero-order valence-electron chi connectivity index (χ0n) is 14.4. The Morgan fingerprint density at radius 2 is 1.56 bits per heavy atom. The van der Waals surface area contributed by atoms with Gasteiger partial charge in [-0.25, -0.2) is 4.79 Å². The summed E-state index contributed by atoms with van der Waals surface area (Å²) in [5.74, 6) is -3.15. The number of carbonyl (C=O) groups is 2. The van der Waals surface area contributed by atoms with Crippen molar-refractivity contribution in [2.24, 2.45) is 0 Å². The highest BCUT2D eigenvalue weighted by Crippen LogP contribution is 2.26. The number of amides is 1. The maximum absolute atomic E-state index is 12.3. The van der Waals surface area contributed by atoms with Crippen LogP contribution in [0.15, 0.2) is 42.5 Å². The first-order chi connectivity index (χ1) is 12.7. The number of phenolic OH excluding ortho intramolecular Hbond substituents is 4. The van der Waals surface area contributed by atoms with E-state index in [1.807, 2.05) is 0 Å². The highest BCUT2D eigenvalue weighted by molar-refractivity contribution is 5.94. The van der Waals surface area contributed by atoms with E-state index >= 15 is 0 Å². The van der Waals surface area contributed by atoms with Crippen molar-refractivity contribution in [2.75, 3.05) is 7.05 Å². The van der Waals surface area contributed by atoms with Gasteiger partial charge in [-0.05, 0) is 41.5 Å². The van der Waals surface area contributed by atoms with Crippen LogP contribution in [-0.4, -0.2) is 55.4 Å². The zero-order valence-corrected chi connectivity index (χ0v) is 14.4. The Morgan fingerprint density at radius 3 is 2.11 bits per heavy atom. The Labute approximate surface area is 154 Å². The molecule has 1 atom stereocenters. The summed E-state index contributed by atoms with van der Waals surface area (Å²) in [6.45, 7) is 0. The van der Waals surface area contributed by atoms with Crippen molar-refractivity contribution in [1.29, 1.82) is 0 Å². The Balaban J connectivity index is 2.14. The van der Waals surface area contributed by atoms with Gasteiger partial charge in [0, 0.05) is 19.5 Å². The fourth-order valence-electron chi connectivity index (χ4n) is 2.39. The molecule has 0 radical (unpaired) electrons. The lowest BCUT2D eigenvalue weighted by molar-refractivity contribution is -0.147. The smallest absolute Gasteiger partial charge is 0.326 e. The molecular formula is C19H19NO7. The first kappa shape index (κ1) is 19.6. The van der Waals surface area contributed by atoms with E-state index in [1.54, 1.807) is 0 Å². The molecule has 0 saturated carbocycles. The van der Waals surface area contributed by atoms with Crippen LogP contribution in [0.25, 0.3) is 6.08 Å². The predicted molar refractivity (Wildman–Crippen MR) is 96.5 cm³/mol. The topological polar surface area (TPSA) is 139 Å². The molecule has 5 N–H and O–H groups in total. The summed E-state index contributed by atoms with van der Waals surface area (Å²) in [6.07, 6.45) is 2.46. The van der Waals surface area contributed by atoms with E-state index < -0.39 is 17.9 Å². The number of carbonyl (C=O) groups excluding carboxylic acids is 1. The monoisotopic (exact) mass is 373 g/mol. The predicted octanol–water partition coefficient (Wildman–Crippen LogP) is 1.68. The molecule has 2 aromatic carbocycles. The highest BCUT2D eigenvalue weighted by Gasteiger charge is 2.26. The van der Waals surface area contributed by atoms with E-state index in [9.17, 15) is 35.1 Å².